The van der Waals surface area contributed by atoms with Gasteiger partial charge in [0, 0.05) is 24.3 Å². The lowest BCUT2D eigenvalue weighted by atomic mass is 10.3. The number of methoxy groups -OCH3 is 1. The van der Waals surface area contributed by atoms with Crippen molar-refractivity contribution in [3.63, 3.8) is 0 Å². The van der Waals surface area contributed by atoms with Gasteiger partial charge in [-0.3, -0.25) is 0 Å². The summed E-state index contributed by atoms with van der Waals surface area (Å²) in [6.07, 6.45) is 0. The number of H-pyrrole nitrogens is 1. The van der Waals surface area contributed by atoms with Gasteiger partial charge in [-0.25, -0.2) is 0 Å². The van der Waals surface area contributed by atoms with E-state index in [1.807, 2.05) is 0 Å². The van der Waals surface area contributed by atoms with E-state index in [2.05, 4.69) is 15.3 Å². The summed E-state index contributed by atoms with van der Waals surface area (Å²) in [4.78, 5) is 7.08. The van der Waals surface area contributed by atoms with Crippen LogP contribution in [-0.4, -0.2) is 17.1 Å². The molecular formula is C7H9N3OS. The number of hydrogen-bond acceptors (Lipinski definition) is 4. The first kappa shape index (κ1) is 7.70. The molecule has 4 nitrogen and oxygen atoms in total. The lowest BCUT2D eigenvalue weighted by Crippen LogP contribution is -2.00. The highest BCUT2D eigenvalue weighted by Gasteiger charge is 2.16. The van der Waals surface area contributed by atoms with Crippen molar-refractivity contribution < 1.29 is 4.74 Å². The largest absolute Gasteiger partial charge is 0.481 e. The van der Waals surface area contributed by atoms with Crippen molar-refractivity contribution in [2.24, 2.45) is 0 Å². The molecule has 64 valence electrons. The smallest absolute Gasteiger partial charge is 0.222 e. The second kappa shape index (κ2) is 2.84. The van der Waals surface area contributed by atoms with Crippen molar-refractivity contribution in [2.45, 2.75) is 13.1 Å². The van der Waals surface area contributed by atoms with Gasteiger partial charge in [0.2, 0.25) is 5.88 Å². The lowest BCUT2D eigenvalue weighted by molar-refractivity contribution is 0.391. The summed E-state index contributed by atoms with van der Waals surface area (Å²) >= 11 is 4.93. The van der Waals surface area contributed by atoms with Crippen LogP contribution in [0.5, 0.6) is 5.88 Å². The first-order valence-corrected chi connectivity index (χ1v) is 4.09. The SMILES string of the molecule is COc1nc(=S)[nH]c2c1CNC2. The highest BCUT2D eigenvalue weighted by molar-refractivity contribution is 7.71. The fourth-order valence-electron chi connectivity index (χ4n) is 1.34. The zero-order valence-electron chi connectivity index (χ0n) is 6.68. The van der Waals surface area contributed by atoms with Gasteiger partial charge in [0.15, 0.2) is 4.77 Å². The van der Waals surface area contributed by atoms with Crippen LogP contribution in [0.1, 0.15) is 11.3 Å². The topological polar surface area (TPSA) is 49.9 Å². The molecule has 0 radical (unpaired) electrons. The zero-order chi connectivity index (χ0) is 8.55. The van der Waals surface area contributed by atoms with E-state index in [1.165, 1.54) is 0 Å². The standard InChI is InChI=1S/C7H9N3OS/c1-11-6-4-2-8-3-5(4)9-7(12)10-6/h8H,2-3H2,1H3,(H,9,10,12). The minimum Gasteiger partial charge on any atom is -0.481 e. The second-order valence-corrected chi connectivity index (χ2v) is 3.00. The number of ether oxygens (including phenoxy) is 1. The van der Waals surface area contributed by atoms with Gasteiger partial charge >= 0.3 is 0 Å². The van der Waals surface area contributed by atoms with Gasteiger partial charge in [-0.05, 0) is 12.2 Å². The molecule has 0 amide bonds. The second-order valence-electron chi connectivity index (χ2n) is 2.61. The van der Waals surface area contributed by atoms with Crippen LogP contribution in [0.4, 0.5) is 0 Å². The Bertz CT molecular complexity index is 360. The average Bonchev–Trinajstić information content (AvgIpc) is 2.50. The molecule has 1 aromatic rings. The summed E-state index contributed by atoms with van der Waals surface area (Å²) in [5.74, 6) is 0.638. The summed E-state index contributed by atoms with van der Waals surface area (Å²) in [5.41, 5.74) is 2.18. The Morgan fingerprint density at radius 1 is 1.50 bits per heavy atom. The van der Waals surface area contributed by atoms with Gasteiger partial charge < -0.3 is 15.0 Å². The van der Waals surface area contributed by atoms with Gasteiger partial charge in [-0.2, -0.15) is 4.98 Å². The van der Waals surface area contributed by atoms with Crippen molar-refractivity contribution >= 4 is 12.2 Å². The Hall–Kier alpha value is -0.940. The molecule has 0 atom stereocenters. The Morgan fingerprint density at radius 3 is 3.08 bits per heavy atom. The fraction of sp³-hybridized carbons (Fsp3) is 0.429. The lowest BCUT2D eigenvalue weighted by Gasteiger charge is -2.03. The zero-order valence-corrected chi connectivity index (χ0v) is 7.49. The predicted octanol–water partition coefficient (Wildman–Crippen LogP) is 0.751. The van der Waals surface area contributed by atoms with E-state index in [4.69, 9.17) is 17.0 Å². The van der Waals surface area contributed by atoms with E-state index in [1.54, 1.807) is 7.11 Å². The molecule has 5 heteroatoms. The van der Waals surface area contributed by atoms with Crippen molar-refractivity contribution in [3.05, 3.63) is 16.0 Å². The van der Waals surface area contributed by atoms with E-state index in [0.29, 0.717) is 10.7 Å². The van der Waals surface area contributed by atoms with Gasteiger partial charge in [0.25, 0.3) is 0 Å². The van der Waals surface area contributed by atoms with Gasteiger partial charge in [0.05, 0.1) is 7.11 Å². The molecule has 1 aromatic heterocycles. The molecule has 2 heterocycles. The van der Waals surface area contributed by atoms with Crippen LogP contribution in [0.15, 0.2) is 0 Å². The predicted molar refractivity (Wildman–Crippen MR) is 46.5 cm³/mol. The Balaban J connectivity index is 2.62. The third-order valence-electron chi connectivity index (χ3n) is 1.88. The van der Waals surface area contributed by atoms with Crippen LogP contribution >= 0.6 is 12.2 Å². The number of hydrogen-bond donors (Lipinski definition) is 2. The van der Waals surface area contributed by atoms with Crippen LogP contribution < -0.4 is 10.1 Å². The Labute approximate surface area is 75.0 Å². The highest BCUT2D eigenvalue weighted by Crippen LogP contribution is 2.21. The average molecular weight is 183 g/mol. The van der Waals surface area contributed by atoms with Crippen molar-refractivity contribution in [1.82, 2.24) is 15.3 Å². The molecule has 0 aromatic carbocycles. The molecule has 0 aliphatic carbocycles. The first-order chi connectivity index (χ1) is 5.81. The number of nitrogens with zero attached hydrogens (tertiary/aromatic N) is 1. The number of aromatic nitrogens is 2. The molecule has 0 saturated heterocycles. The van der Waals surface area contributed by atoms with Gasteiger partial charge in [-0.15, -0.1) is 0 Å². The molecule has 0 fully saturated rings. The summed E-state index contributed by atoms with van der Waals surface area (Å²) < 4.78 is 5.58. The summed E-state index contributed by atoms with van der Waals surface area (Å²) in [6, 6.07) is 0. The number of aromatic amines is 1. The Kier molecular flexibility index (Phi) is 1.82. The molecule has 0 unspecified atom stereocenters. The summed E-state index contributed by atoms with van der Waals surface area (Å²) in [5, 5.41) is 3.19. The molecule has 1 aliphatic heterocycles. The van der Waals surface area contributed by atoms with Crippen LogP contribution in [0.2, 0.25) is 0 Å². The van der Waals surface area contributed by atoms with Crippen molar-refractivity contribution in [1.29, 1.82) is 0 Å². The quantitative estimate of drug-likeness (QED) is 0.631. The van der Waals surface area contributed by atoms with Crippen LogP contribution in [0, 0.1) is 4.77 Å². The minimum absolute atomic E-state index is 0.481. The van der Waals surface area contributed by atoms with E-state index in [9.17, 15) is 0 Å². The number of fused-ring (bicyclic) bond motifs is 1. The third kappa shape index (κ3) is 1.11. The van der Waals surface area contributed by atoms with Crippen LogP contribution in [-0.2, 0) is 13.1 Å². The van der Waals surface area contributed by atoms with Crippen LogP contribution in [0.25, 0.3) is 0 Å². The molecular weight excluding hydrogens is 174 g/mol. The maximum absolute atomic E-state index is 5.10. The third-order valence-corrected chi connectivity index (χ3v) is 2.07. The molecule has 0 saturated carbocycles. The molecule has 12 heavy (non-hydrogen) atoms. The monoisotopic (exact) mass is 183 g/mol. The van der Waals surface area contributed by atoms with Gasteiger partial charge in [0.1, 0.15) is 0 Å². The summed E-state index contributed by atoms with van der Waals surface area (Å²) in [6.45, 7) is 1.62. The first-order valence-electron chi connectivity index (χ1n) is 3.68. The summed E-state index contributed by atoms with van der Waals surface area (Å²) in [7, 11) is 1.61. The van der Waals surface area contributed by atoms with E-state index < -0.39 is 0 Å². The molecule has 0 spiro atoms. The number of nitrogens with one attached hydrogen (secondary N) is 2. The Morgan fingerprint density at radius 2 is 2.33 bits per heavy atom. The maximum atomic E-state index is 5.10. The maximum Gasteiger partial charge on any atom is 0.222 e. The van der Waals surface area contributed by atoms with E-state index >= 15 is 0 Å². The van der Waals surface area contributed by atoms with E-state index in [-0.39, 0.29) is 0 Å². The molecule has 0 bridgehead atoms. The van der Waals surface area contributed by atoms with Crippen molar-refractivity contribution in [2.75, 3.05) is 7.11 Å². The number of rotatable bonds is 1. The molecule has 2 N–H and O–H groups in total. The minimum atomic E-state index is 0.481. The van der Waals surface area contributed by atoms with Gasteiger partial charge in [-0.1, -0.05) is 0 Å². The van der Waals surface area contributed by atoms with E-state index in [0.717, 1.165) is 24.3 Å². The fourth-order valence-corrected chi connectivity index (χ4v) is 1.54. The van der Waals surface area contributed by atoms with Crippen molar-refractivity contribution in [3.8, 4) is 5.88 Å². The highest BCUT2D eigenvalue weighted by atomic mass is 32.1. The van der Waals surface area contributed by atoms with Crippen LogP contribution in [0.3, 0.4) is 0 Å². The molecule has 1 aliphatic rings. The molecule has 2 rings (SSSR count). The normalized spacial score (nSPS) is 14.4.